The highest BCUT2D eigenvalue weighted by Crippen LogP contribution is 2.23. The summed E-state index contributed by atoms with van der Waals surface area (Å²) in [6, 6.07) is 6.30. The second-order valence-corrected chi connectivity index (χ2v) is 7.22. The summed E-state index contributed by atoms with van der Waals surface area (Å²) in [7, 11) is 1.84. The first-order valence-electron chi connectivity index (χ1n) is 9.72. The average molecular weight is 392 g/mol. The van der Waals surface area contributed by atoms with E-state index in [1.165, 1.54) is 36.1 Å². The fraction of sp³-hybridized carbons (Fsp3) is 0.550. The second-order valence-electron chi connectivity index (χ2n) is 7.22. The van der Waals surface area contributed by atoms with Gasteiger partial charge in [-0.1, -0.05) is 37.3 Å². The van der Waals surface area contributed by atoms with Crippen LogP contribution in [0, 0.1) is 6.92 Å². The number of halogens is 2. The van der Waals surface area contributed by atoms with Gasteiger partial charge in [0, 0.05) is 13.1 Å². The molecule has 0 aliphatic heterocycles. The van der Waals surface area contributed by atoms with Crippen molar-refractivity contribution in [2.75, 3.05) is 7.05 Å². The molecule has 6 nitrogen and oxygen atoms in total. The van der Waals surface area contributed by atoms with Crippen molar-refractivity contribution >= 4 is 5.91 Å². The highest BCUT2D eigenvalue weighted by atomic mass is 19.3. The predicted octanol–water partition coefficient (Wildman–Crippen LogP) is 4.36. The fourth-order valence-electron chi connectivity index (χ4n) is 3.70. The van der Waals surface area contributed by atoms with Crippen LogP contribution in [0.1, 0.15) is 61.1 Å². The zero-order chi connectivity index (χ0) is 20.1. The number of hydrogen-bond acceptors (Lipinski definition) is 4. The number of hydrogen-bond donors (Lipinski definition) is 0. The molecule has 1 aromatic heterocycles. The number of rotatable bonds is 5. The van der Waals surface area contributed by atoms with Crippen LogP contribution in [0.25, 0.3) is 5.69 Å². The Morgan fingerprint density at radius 1 is 1.14 bits per heavy atom. The maximum absolute atomic E-state index is 13.0. The topological polar surface area (TPSA) is 60.2 Å². The van der Waals surface area contributed by atoms with Gasteiger partial charge < -0.3 is 9.64 Å². The van der Waals surface area contributed by atoms with Gasteiger partial charge >= 0.3 is 6.61 Å². The minimum absolute atomic E-state index is 0.0665. The lowest BCUT2D eigenvalue weighted by Gasteiger charge is -2.29. The first-order chi connectivity index (χ1) is 13.5. The zero-order valence-corrected chi connectivity index (χ0v) is 16.3. The Morgan fingerprint density at radius 2 is 1.75 bits per heavy atom. The molecule has 1 aliphatic carbocycles. The minimum Gasteiger partial charge on any atom is -0.435 e. The van der Waals surface area contributed by atoms with Crippen molar-refractivity contribution in [2.45, 2.75) is 64.5 Å². The van der Waals surface area contributed by atoms with Crippen LogP contribution in [0.5, 0.6) is 5.75 Å². The van der Waals surface area contributed by atoms with E-state index in [0.29, 0.717) is 17.1 Å². The molecule has 0 unspecified atom stereocenters. The lowest BCUT2D eigenvalue weighted by Crippen LogP contribution is -2.38. The van der Waals surface area contributed by atoms with Crippen molar-refractivity contribution in [1.29, 1.82) is 0 Å². The van der Waals surface area contributed by atoms with E-state index in [-0.39, 0.29) is 17.7 Å². The van der Waals surface area contributed by atoms with E-state index in [1.807, 2.05) is 7.05 Å². The molecule has 1 saturated carbocycles. The van der Waals surface area contributed by atoms with E-state index < -0.39 is 6.61 Å². The Kier molecular flexibility index (Phi) is 6.59. The van der Waals surface area contributed by atoms with Crippen molar-refractivity contribution in [1.82, 2.24) is 19.9 Å². The number of ether oxygens (including phenoxy) is 1. The number of carbonyl (C=O) groups excluding carboxylic acids is 1. The molecule has 8 heteroatoms. The van der Waals surface area contributed by atoms with Gasteiger partial charge in [0.1, 0.15) is 5.75 Å². The van der Waals surface area contributed by atoms with E-state index in [1.54, 1.807) is 24.0 Å². The van der Waals surface area contributed by atoms with Crippen LogP contribution >= 0.6 is 0 Å². The quantitative estimate of drug-likeness (QED) is 0.758. The van der Waals surface area contributed by atoms with Crippen LogP contribution in [0.4, 0.5) is 8.78 Å². The molecule has 3 rings (SSSR count). The van der Waals surface area contributed by atoms with Crippen molar-refractivity contribution in [2.24, 2.45) is 0 Å². The Labute approximate surface area is 163 Å². The highest BCUT2D eigenvalue weighted by molar-refractivity contribution is 5.93. The molecule has 1 heterocycles. The van der Waals surface area contributed by atoms with Crippen molar-refractivity contribution in [3.8, 4) is 11.4 Å². The number of nitrogens with zero attached hydrogens (tertiary/aromatic N) is 4. The summed E-state index contributed by atoms with van der Waals surface area (Å²) < 4.78 is 30.5. The number of aromatic nitrogens is 3. The fourth-order valence-corrected chi connectivity index (χ4v) is 3.70. The normalized spacial score (nSPS) is 15.9. The van der Waals surface area contributed by atoms with E-state index in [9.17, 15) is 13.6 Å². The average Bonchev–Trinajstić information content (AvgIpc) is 3.02. The SMILES string of the molecule is Cc1c(C(=O)N(C)C2CCCCCCC2)nnn1-c1ccc(OC(F)F)cc1. The van der Waals surface area contributed by atoms with Gasteiger partial charge in [0.25, 0.3) is 5.91 Å². The number of benzene rings is 1. The van der Waals surface area contributed by atoms with Crippen LogP contribution in [0.3, 0.4) is 0 Å². The van der Waals surface area contributed by atoms with E-state index in [4.69, 9.17) is 0 Å². The second kappa shape index (κ2) is 9.12. The van der Waals surface area contributed by atoms with Gasteiger partial charge in [0.2, 0.25) is 0 Å². The number of carbonyl (C=O) groups is 1. The number of alkyl halides is 2. The molecule has 0 N–H and O–H groups in total. The smallest absolute Gasteiger partial charge is 0.387 e. The maximum atomic E-state index is 13.0. The first kappa shape index (κ1) is 20.2. The van der Waals surface area contributed by atoms with Gasteiger partial charge in [0.05, 0.1) is 11.4 Å². The molecule has 0 radical (unpaired) electrons. The van der Waals surface area contributed by atoms with Crippen LogP contribution in [-0.4, -0.2) is 45.5 Å². The van der Waals surface area contributed by atoms with Gasteiger partial charge in [-0.25, -0.2) is 4.68 Å². The third-order valence-corrected chi connectivity index (χ3v) is 5.35. The van der Waals surface area contributed by atoms with E-state index in [2.05, 4.69) is 15.0 Å². The molecular formula is C20H26F2N4O2. The molecule has 1 amide bonds. The van der Waals surface area contributed by atoms with Crippen molar-refractivity contribution < 1.29 is 18.3 Å². The summed E-state index contributed by atoms with van der Waals surface area (Å²) in [5, 5.41) is 8.18. The molecule has 1 aromatic carbocycles. The van der Waals surface area contributed by atoms with Gasteiger partial charge in [-0.2, -0.15) is 8.78 Å². The summed E-state index contributed by atoms with van der Waals surface area (Å²) in [6.07, 6.45) is 8.03. The molecule has 0 saturated heterocycles. The van der Waals surface area contributed by atoms with Crippen LogP contribution in [-0.2, 0) is 0 Å². The van der Waals surface area contributed by atoms with Crippen LogP contribution in [0.2, 0.25) is 0 Å². The monoisotopic (exact) mass is 392 g/mol. The molecule has 1 fully saturated rings. The largest absolute Gasteiger partial charge is 0.435 e. The van der Waals surface area contributed by atoms with E-state index >= 15 is 0 Å². The first-order valence-corrected chi connectivity index (χ1v) is 9.72. The third-order valence-electron chi connectivity index (χ3n) is 5.35. The summed E-state index contributed by atoms with van der Waals surface area (Å²) in [5.74, 6) is -0.0659. The molecule has 2 aromatic rings. The minimum atomic E-state index is -2.87. The van der Waals surface area contributed by atoms with Crippen LogP contribution in [0.15, 0.2) is 24.3 Å². The lowest BCUT2D eigenvalue weighted by atomic mass is 9.95. The third kappa shape index (κ3) is 4.66. The van der Waals surface area contributed by atoms with Gasteiger partial charge in [-0.05, 0) is 44.0 Å². The number of amides is 1. The van der Waals surface area contributed by atoms with Gasteiger partial charge in [-0.3, -0.25) is 4.79 Å². The molecule has 0 atom stereocenters. The summed E-state index contributed by atoms with van der Waals surface area (Å²) in [5.41, 5.74) is 1.56. The van der Waals surface area contributed by atoms with Crippen LogP contribution < -0.4 is 4.74 Å². The molecule has 0 spiro atoms. The van der Waals surface area contributed by atoms with Crippen molar-refractivity contribution in [3.63, 3.8) is 0 Å². The summed E-state index contributed by atoms with van der Waals surface area (Å²) in [4.78, 5) is 14.8. The van der Waals surface area contributed by atoms with Gasteiger partial charge in [-0.15, -0.1) is 5.10 Å². The van der Waals surface area contributed by atoms with Crippen molar-refractivity contribution in [3.05, 3.63) is 35.7 Å². The zero-order valence-electron chi connectivity index (χ0n) is 16.3. The molecule has 152 valence electrons. The molecule has 28 heavy (non-hydrogen) atoms. The molecule has 0 bridgehead atoms. The van der Waals surface area contributed by atoms with E-state index in [0.717, 1.165) is 25.7 Å². The summed E-state index contributed by atoms with van der Waals surface area (Å²) in [6.45, 7) is -1.09. The highest BCUT2D eigenvalue weighted by Gasteiger charge is 2.26. The predicted molar refractivity (Wildman–Crippen MR) is 101 cm³/mol. The lowest BCUT2D eigenvalue weighted by molar-refractivity contribution is -0.0498. The Bertz CT molecular complexity index is 784. The Morgan fingerprint density at radius 3 is 2.36 bits per heavy atom. The Balaban J connectivity index is 1.75. The Hall–Kier alpha value is -2.51. The molecular weight excluding hydrogens is 366 g/mol. The van der Waals surface area contributed by atoms with Gasteiger partial charge in [0.15, 0.2) is 5.69 Å². The standard InChI is InChI=1S/C20H26F2N4O2/c1-14-18(19(27)25(2)15-8-6-4-3-5-7-9-15)23-24-26(14)16-10-12-17(13-11-16)28-20(21)22/h10-13,15,20H,3-9H2,1-2H3. The summed E-state index contributed by atoms with van der Waals surface area (Å²) >= 11 is 0. The molecule has 1 aliphatic rings. The maximum Gasteiger partial charge on any atom is 0.387 e.